The second kappa shape index (κ2) is 8.73. The fourth-order valence-electron chi connectivity index (χ4n) is 3.07. The van der Waals surface area contributed by atoms with E-state index >= 15 is 0 Å². The highest BCUT2D eigenvalue weighted by Gasteiger charge is 2.28. The maximum atomic E-state index is 11.6. The molecule has 2 heterocycles. The fourth-order valence-corrected chi connectivity index (χ4v) is 3.07. The van der Waals surface area contributed by atoms with Gasteiger partial charge in [0, 0.05) is 22.3 Å². The van der Waals surface area contributed by atoms with Crippen LogP contribution < -0.4 is 18.9 Å². The van der Waals surface area contributed by atoms with E-state index in [4.69, 9.17) is 28.4 Å². The monoisotopic (exact) mass is 414 g/mol. The van der Waals surface area contributed by atoms with Crippen molar-refractivity contribution < 1.29 is 38.0 Å². The van der Waals surface area contributed by atoms with Crippen molar-refractivity contribution in [1.29, 1.82) is 0 Å². The van der Waals surface area contributed by atoms with Crippen molar-refractivity contribution in [3.05, 3.63) is 35.4 Å². The van der Waals surface area contributed by atoms with Crippen molar-refractivity contribution in [3.8, 4) is 34.1 Å². The molecule has 2 aliphatic rings. The number of benzene rings is 2. The number of hydrogen-bond donors (Lipinski definition) is 0. The van der Waals surface area contributed by atoms with Crippen molar-refractivity contribution in [2.45, 2.75) is 12.2 Å². The summed E-state index contributed by atoms with van der Waals surface area (Å²) in [4.78, 5) is 23.1. The first-order chi connectivity index (χ1) is 14.7. The molecule has 0 radical (unpaired) electrons. The van der Waals surface area contributed by atoms with Gasteiger partial charge in [0.25, 0.3) is 0 Å². The molecule has 8 heteroatoms. The van der Waals surface area contributed by atoms with Crippen molar-refractivity contribution in [3.63, 3.8) is 0 Å². The predicted octanol–water partition coefficient (Wildman–Crippen LogP) is 2.55. The van der Waals surface area contributed by atoms with E-state index in [1.165, 1.54) is 14.2 Å². The average molecular weight is 414 g/mol. The Labute approximate surface area is 173 Å². The number of carbonyl (C=O) groups excluding carboxylic acids is 2. The second-order valence-corrected chi connectivity index (χ2v) is 6.97. The van der Waals surface area contributed by atoms with Gasteiger partial charge in [-0.2, -0.15) is 0 Å². The zero-order chi connectivity index (χ0) is 21.1. The van der Waals surface area contributed by atoms with Gasteiger partial charge in [-0.3, -0.25) is 9.59 Å². The molecule has 0 saturated carbocycles. The van der Waals surface area contributed by atoms with Crippen LogP contribution in [0.15, 0.2) is 24.3 Å². The maximum Gasteiger partial charge on any atom is 0.169 e. The van der Waals surface area contributed by atoms with Crippen LogP contribution in [0.5, 0.6) is 23.0 Å². The van der Waals surface area contributed by atoms with E-state index < -0.39 is 0 Å². The molecule has 8 nitrogen and oxygen atoms in total. The highest BCUT2D eigenvalue weighted by atomic mass is 16.6. The summed E-state index contributed by atoms with van der Waals surface area (Å²) < 4.78 is 33.4. The third-order valence-corrected chi connectivity index (χ3v) is 4.79. The normalized spacial score (nSPS) is 19.0. The van der Waals surface area contributed by atoms with Crippen molar-refractivity contribution in [2.75, 3.05) is 40.6 Å². The molecule has 2 unspecified atom stereocenters. The van der Waals surface area contributed by atoms with Gasteiger partial charge in [0.2, 0.25) is 0 Å². The minimum Gasteiger partial charge on any atom is -0.493 e. The molecule has 158 valence electrons. The van der Waals surface area contributed by atoms with Gasteiger partial charge in [0.15, 0.2) is 23.0 Å². The maximum absolute atomic E-state index is 11.6. The molecule has 0 amide bonds. The van der Waals surface area contributed by atoms with Crippen LogP contribution in [0.4, 0.5) is 0 Å². The molecule has 2 atom stereocenters. The highest BCUT2D eigenvalue weighted by Crippen LogP contribution is 2.47. The van der Waals surface area contributed by atoms with E-state index in [-0.39, 0.29) is 12.2 Å². The van der Waals surface area contributed by atoms with E-state index in [1.54, 1.807) is 24.3 Å². The molecule has 2 aromatic carbocycles. The predicted molar refractivity (Wildman–Crippen MR) is 106 cm³/mol. The van der Waals surface area contributed by atoms with Crippen LogP contribution in [0.2, 0.25) is 0 Å². The van der Waals surface area contributed by atoms with Crippen molar-refractivity contribution in [2.24, 2.45) is 0 Å². The Morgan fingerprint density at radius 2 is 1.20 bits per heavy atom. The summed E-state index contributed by atoms with van der Waals surface area (Å²) in [6, 6.07) is 6.53. The van der Waals surface area contributed by atoms with Crippen LogP contribution in [0.25, 0.3) is 11.1 Å². The molecule has 2 aromatic rings. The first-order valence-corrected chi connectivity index (χ1v) is 9.50. The van der Waals surface area contributed by atoms with Crippen LogP contribution in [-0.4, -0.2) is 65.4 Å². The Hall–Kier alpha value is -3.10. The van der Waals surface area contributed by atoms with Gasteiger partial charge in [0.1, 0.15) is 38.0 Å². The Morgan fingerprint density at radius 1 is 0.800 bits per heavy atom. The number of hydrogen-bond acceptors (Lipinski definition) is 8. The first-order valence-electron chi connectivity index (χ1n) is 9.50. The first kappa shape index (κ1) is 20.2. The van der Waals surface area contributed by atoms with E-state index in [0.29, 0.717) is 71.7 Å². The smallest absolute Gasteiger partial charge is 0.169 e. The SMILES string of the molecule is COc1cc(C=O)cc(-c2cc(C=O)cc(OC)c2OCC2CO2)c1OCC1CO1. The molecular formula is C22H22O8. The zero-order valence-electron chi connectivity index (χ0n) is 16.7. The van der Waals surface area contributed by atoms with E-state index in [9.17, 15) is 9.59 Å². The third-order valence-electron chi connectivity index (χ3n) is 4.79. The summed E-state index contributed by atoms with van der Waals surface area (Å²) in [6.45, 7) is 1.93. The molecule has 2 fully saturated rings. The molecule has 2 aliphatic heterocycles. The second-order valence-electron chi connectivity index (χ2n) is 6.97. The summed E-state index contributed by atoms with van der Waals surface area (Å²) in [6.07, 6.45) is 1.48. The lowest BCUT2D eigenvalue weighted by atomic mass is 9.98. The van der Waals surface area contributed by atoms with Crippen molar-refractivity contribution >= 4 is 12.6 Å². The standard InChI is InChI=1S/C22H22O8/c1-25-19-5-13(7-23)3-17(21(19)29-11-15-9-27-15)18-4-14(8-24)6-20(26-2)22(18)30-12-16-10-28-16/h3-8,15-16H,9-12H2,1-2H3. The third kappa shape index (κ3) is 4.39. The molecule has 0 bridgehead atoms. The minimum atomic E-state index is 0.0203. The quantitative estimate of drug-likeness (QED) is 0.409. The number of aldehydes is 2. The lowest BCUT2D eigenvalue weighted by molar-refractivity contribution is 0.111. The summed E-state index contributed by atoms with van der Waals surface area (Å²) >= 11 is 0. The van der Waals surface area contributed by atoms with Gasteiger partial charge in [-0.1, -0.05) is 0 Å². The molecule has 0 spiro atoms. The zero-order valence-corrected chi connectivity index (χ0v) is 16.7. The molecule has 30 heavy (non-hydrogen) atoms. The number of ether oxygens (including phenoxy) is 6. The average Bonchev–Trinajstić information content (AvgIpc) is 3.70. The van der Waals surface area contributed by atoms with Gasteiger partial charge >= 0.3 is 0 Å². The lowest BCUT2D eigenvalue weighted by Gasteiger charge is -2.20. The summed E-state index contributed by atoms with van der Waals surface area (Å²) in [5.74, 6) is 1.64. The van der Waals surface area contributed by atoms with Crippen molar-refractivity contribution in [1.82, 2.24) is 0 Å². The Morgan fingerprint density at radius 3 is 1.50 bits per heavy atom. The fraction of sp³-hybridized carbons (Fsp3) is 0.364. The molecule has 2 saturated heterocycles. The number of epoxide rings is 2. The van der Waals surface area contributed by atoms with Gasteiger partial charge in [0.05, 0.1) is 27.4 Å². The van der Waals surface area contributed by atoms with Crippen LogP contribution >= 0.6 is 0 Å². The highest BCUT2D eigenvalue weighted by molar-refractivity contribution is 5.90. The summed E-state index contributed by atoms with van der Waals surface area (Å²) in [5.41, 5.74) is 1.88. The Balaban J connectivity index is 1.87. The molecule has 0 aromatic heterocycles. The number of methoxy groups -OCH3 is 2. The van der Waals surface area contributed by atoms with Crippen LogP contribution in [0.3, 0.4) is 0 Å². The van der Waals surface area contributed by atoms with Crippen LogP contribution in [0.1, 0.15) is 20.7 Å². The molecular weight excluding hydrogens is 392 g/mol. The van der Waals surface area contributed by atoms with Gasteiger partial charge in [-0.25, -0.2) is 0 Å². The Bertz CT molecular complexity index is 869. The van der Waals surface area contributed by atoms with Gasteiger partial charge in [-0.15, -0.1) is 0 Å². The summed E-state index contributed by atoms with van der Waals surface area (Å²) in [5, 5.41) is 0. The van der Waals surface area contributed by atoms with E-state index in [1.807, 2.05) is 0 Å². The number of rotatable bonds is 11. The van der Waals surface area contributed by atoms with Gasteiger partial charge in [-0.05, 0) is 24.3 Å². The molecule has 0 N–H and O–H groups in total. The summed E-state index contributed by atoms with van der Waals surface area (Å²) in [7, 11) is 3.00. The van der Waals surface area contributed by atoms with Crippen LogP contribution in [0, 0.1) is 0 Å². The van der Waals surface area contributed by atoms with E-state index in [0.717, 1.165) is 12.6 Å². The lowest BCUT2D eigenvalue weighted by Crippen LogP contribution is -2.09. The van der Waals surface area contributed by atoms with E-state index in [2.05, 4.69) is 0 Å². The number of carbonyl (C=O) groups is 2. The van der Waals surface area contributed by atoms with Gasteiger partial charge < -0.3 is 28.4 Å². The van der Waals surface area contributed by atoms with Crippen LogP contribution in [-0.2, 0) is 9.47 Å². The molecule has 4 rings (SSSR count). The Kier molecular flexibility index (Phi) is 5.87. The largest absolute Gasteiger partial charge is 0.493 e. The topological polar surface area (TPSA) is 96.1 Å². The molecule has 0 aliphatic carbocycles. The minimum absolute atomic E-state index is 0.0203.